The molecule has 0 radical (unpaired) electrons. The van der Waals surface area contributed by atoms with Crippen LogP contribution in [0.15, 0.2) is 24.5 Å². The Labute approximate surface area is 101 Å². The molecular weight excluding hydrogens is 210 g/mol. The van der Waals surface area contributed by atoms with Crippen molar-refractivity contribution in [2.45, 2.75) is 38.1 Å². The molecule has 0 amide bonds. The fraction of sp³-hybridized carbons (Fsp3) is 0.429. The molecule has 0 spiro atoms. The average molecular weight is 225 g/mol. The Balaban J connectivity index is 2.13. The van der Waals surface area contributed by atoms with Crippen molar-refractivity contribution in [3.8, 4) is 6.07 Å². The van der Waals surface area contributed by atoms with Gasteiger partial charge >= 0.3 is 0 Å². The highest BCUT2D eigenvalue weighted by Gasteiger charge is 2.19. The van der Waals surface area contributed by atoms with Crippen molar-refractivity contribution >= 4 is 11.0 Å². The van der Waals surface area contributed by atoms with Crippen LogP contribution in [0.25, 0.3) is 11.0 Å². The van der Waals surface area contributed by atoms with E-state index in [0.717, 1.165) is 16.6 Å². The van der Waals surface area contributed by atoms with Gasteiger partial charge < -0.3 is 4.57 Å². The third-order valence-corrected chi connectivity index (χ3v) is 3.68. The summed E-state index contributed by atoms with van der Waals surface area (Å²) in [5.74, 6) is 0. The highest BCUT2D eigenvalue weighted by Crippen LogP contribution is 2.32. The van der Waals surface area contributed by atoms with E-state index < -0.39 is 0 Å². The fourth-order valence-electron chi connectivity index (χ4n) is 2.81. The molecule has 17 heavy (non-hydrogen) atoms. The van der Waals surface area contributed by atoms with E-state index in [4.69, 9.17) is 5.26 Å². The van der Waals surface area contributed by atoms with Crippen LogP contribution in [0.3, 0.4) is 0 Å². The van der Waals surface area contributed by atoms with Crippen LogP contribution in [0.4, 0.5) is 0 Å². The van der Waals surface area contributed by atoms with E-state index in [1.54, 1.807) is 0 Å². The normalized spacial score (nSPS) is 17.1. The summed E-state index contributed by atoms with van der Waals surface area (Å²) >= 11 is 0. The Kier molecular flexibility index (Phi) is 2.56. The topological polar surface area (TPSA) is 41.6 Å². The third kappa shape index (κ3) is 1.70. The predicted molar refractivity (Wildman–Crippen MR) is 66.6 cm³/mol. The molecule has 0 saturated heterocycles. The molecule has 1 fully saturated rings. The molecule has 3 heteroatoms. The zero-order valence-corrected chi connectivity index (χ0v) is 9.76. The van der Waals surface area contributed by atoms with Gasteiger partial charge in [0.05, 0.1) is 5.56 Å². The average Bonchev–Trinajstić information content (AvgIpc) is 2.78. The smallest absolute Gasteiger partial charge is 0.141 e. The molecule has 0 aliphatic heterocycles. The number of aromatic nitrogens is 2. The van der Waals surface area contributed by atoms with Gasteiger partial charge in [-0.1, -0.05) is 19.3 Å². The molecule has 0 aromatic carbocycles. The van der Waals surface area contributed by atoms with Gasteiger partial charge in [-0.2, -0.15) is 5.26 Å². The Hall–Kier alpha value is -1.82. The second kappa shape index (κ2) is 4.21. The van der Waals surface area contributed by atoms with E-state index in [9.17, 15) is 0 Å². The van der Waals surface area contributed by atoms with Crippen LogP contribution in [0, 0.1) is 11.3 Å². The van der Waals surface area contributed by atoms with Crippen LogP contribution in [0.5, 0.6) is 0 Å². The fourth-order valence-corrected chi connectivity index (χ4v) is 2.81. The summed E-state index contributed by atoms with van der Waals surface area (Å²) in [7, 11) is 0. The molecule has 3 rings (SSSR count). The minimum absolute atomic E-state index is 0.531. The summed E-state index contributed by atoms with van der Waals surface area (Å²) in [6.07, 6.45) is 10.1. The summed E-state index contributed by atoms with van der Waals surface area (Å²) < 4.78 is 2.22. The molecule has 0 unspecified atom stereocenters. The van der Waals surface area contributed by atoms with Crippen molar-refractivity contribution in [3.05, 3.63) is 30.1 Å². The summed E-state index contributed by atoms with van der Waals surface area (Å²) in [5.41, 5.74) is 1.72. The highest BCUT2D eigenvalue weighted by molar-refractivity contribution is 5.83. The van der Waals surface area contributed by atoms with Gasteiger partial charge in [0.25, 0.3) is 0 Å². The molecule has 0 atom stereocenters. The Morgan fingerprint density at radius 1 is 1.29 bits per heavy atom. The van der Waals surface area contributed by atoms with E-state index in [1.165, 1.54) is 32.1 Å². The van der Waals surface area contributed by atoms with Gasteiger partial charge in [0.15, 0.2) is 0 Å². The maximum absolute atomic E-state index is 9.16. The molecule has 0 bridgehead atoms. The Morgan fingerprint density at radius 2 is 2.12 bits per heavy atom. The maximum Gasteiger partial charge on any atom is 0.141 e. The van der Waals surface area contributed by atoms with Crippen molar-refractivity contribution in [1.82, 2.24) is 9.55 Å². The van der Waals surface area contributed by atoms with Gasteiger partial charge in [-0.05, 0) is 25.0 Å². The minimum Gasteiger partial charge on any atom is -0.328 e. The first-order valence-corrected chi connectivity index (χ1v) is 6.26. The maximum atomic E-state index is 9.16. The molecular formula is C14H15N3. The zero-order valence-electron chi connectivity index (χ0n) is 9.76. The monoisotopic (exact) mass is 225 g/mol. The van der Waals surface area contributed by atoms with E-state index >= 15 is 0 Å². The molecule has 2 aromatic rings. The van der Waals surface area contributed by atoms with Crippen molar-refractivity contribution in [1.29, 1.82) is 5.26 Å². The first-order valence-electron chi connectivity index (χ1n) is 6.26. The Morgan fingerprint density at radius 3 is 2.88 bits per heavy atom. The lowest BCUT2D eigenvalue weighted by Crippen LogP contribution is -2.12. The summed E-state index contributed by atoms with van der Waals surface area (Å²) in [5, 5.41) is 10.1. The van der Waals surface area contributed by atoms with Gasteiger partial charge in [-0.15, -0.1) is 0 Å². The number of pyridine rings is 1. The molecule has 1 saturated carbocycles. The zero-order chi connectivity index (χ0) is 11.7. The highest BCUT2D eigenvalue weighted by atomic mass is 15.1. The molecule has 1 aliphatic rings. The number of hydrogen-bond donors (Lipinski definition) is 0. The van der Waals surface area contributed by atoms with Crippen molar-refractivity contribution < 1.29 is 0 Å². The van der Waals surface area contributed by atoms with Crippen molar-refractivity contribution in [2.75, 3.05) is 0 Å². The van der Waals surface area contributed by atoms with Crippen molar-refractivity contribution in [3.63, 3.8) is 0 Å². The lowest BCUT2D eigenvalue weighted by atomic mass is 9.95. The number of rotatable bonds is 1. The number of nitrogens with zero attached hydrogens (tertiary/aromatic N) is 3. The third-order valence-electron chi connectivity index (χ3n) is 3.68. The molecule has 0 N–H and O–H groups in total. The van der Waals surface area contributed by atoms with Crippen molar-refractivity contribution in [2.24, 2.45) is 0 Å². The van der Waals surface area contributed by atoms with Gasteiger partial charge in [-0.25, -0.2) is 4.98 Å². The van der Waals surface area contributed by atoms with Gasteiger partial charge in [-0.3, -0.25) is 0 Å². The quantitative estimate of drug-likeness (QED) is 0.746. The second-order valence-corrected chi connectivity index (χ2v) is 4.73. The van der Waals surface area contributed by atoms with Gasteiger partial charge in [0, 0.05) is 23.8 Å². The Bertz CT molecular complexity index is 571. The van der Waals surface area contributed by atoms with E-state index in [-0.39, 0.29) is 0 Å². The predicted octanol–water partition coefficient (Wildman–Crippen LogP) is 3.41. The second-order valence-electron chi connectivity index (χ2n) is 4.73. The lowest BCUT2D eigenvalue weighted by Gasteiger charge is -2.23. The first kappa shape index (κ1) is 10.3. The van der Waals surface area contributed by atoms with Crippen LogP contribution in [-0.2, 0) is 0 Å². The molecule has 2 heterocycles. The standard InChI is InChI=1S/C14H15N3/c15-9-11-10-17(12-5-2-1-3-6-12)14-13(11)7-4-8-16-14/h4,7-8,10,12H,1-3,5-6H2. The number of hydrogen-bond acceptors (Lipinski definition) is 2. The lowest BCUT2D eigenvalue weighted by molar-refractivity contribution is 0.359. The summed E-state index contributed by atoms with van der Waals surface area (Å²) in [6.45, 7) is 0. The van der Waals surface area contributed by atoms with Gasteiger partial charge in [0.1, 0.15) is 11.7 Å². The number of fused-ring (bicyclic) bond motifs is 1. The molecule has 3 nitrogen and oxygen atoms in total. The molecule has 2 aromatic heterocycles. The van der Waals surface area contributed by atoms with Crippen LogP contribution in [0.1, 0.15) is 43.7 Å². The van der Waals surface area contributed by atoms with E-state index in [1.807, 2.05) is 24.5 Å². The minimum atomic E-state index is 0.531. The van der Waals surface area contributed by atoms with Crippen LogP contribution in [0.2, 0.25) is 0 Å². The van der Waals surface area contributed by atoms with E-state index in [2.05, 4.69) is 15.6 Å². The molecule has 1 aliphatic carbocycles. The van der Waals surface area contributed by atoms with Crippen LogP contribution >= 0.6 is 0 Å². The SMILES string of the molecule is N#Cc1cn(C2CCCCC2)c2ncccc12. The number of nitriles is 1. The van der Waals surface area contributed by atoms with Gasteiger partial charge in [0.2, 0.25) is 0 Å². The molecule has 86 valence electrons. The largest absolute Gasteiger partial charge is 0.328 e. The van der Waals surface area contributed by atoms with E-state index in [0.29, 0.717) is 6.04 Å². The first-order chi connectivity index (χ1) is 8.40. The summed E-state index contributed by atoms with van der Waals surface area (Å²) in [4.78, 5) is 4.44. The van der Waals surface area contributed by atoms with Crippen LogP contribution < -0.4 is 0 Å². The van der Waals surface area contributed by atoms with Crippen LogP contribution in [-0.4, -0.2) is 9.55 Å². The summed E-state index contributed by atoms with van der Waals surface area (Å²) in [6, 6.07) is 6.68.